The molecule has 4 aliphatic heterocycles. The second-order valence-corrected chi connectivity index (χ2v) is 13.5. The molecule has 0 saturated carbocycles. The maximum atomic E-state index is 12.1. The first kappa shape index (κ1) is 43.8. The van der Waals surface area contributed by atoms with Crippen LogP contribution in [0.15, 0.2) is 0 Å². The Hall–Kier alpha value is -1.91. The molecule has 4 aliphatic rings. The van der Waals surface area contributed by atoms with E-state index in [1.165, 1.54) is 0 Å². The Labute approximate surface area is 298 Å². The smallest absolute Gasteiger partial charge is 0.397 e. The Kier molecular flexibility index (Phi) is 14.8. The topological polar surface area (TPSA) is 417 Å². The second kappa shape index (κ2) is 17.9. The third-order valence-corrected chi connectivity index (χ3v) is 9.25. The van der Waals surface area contributed by atoms with Gasteiger partial charge in [0.15, 0.2) is 31.3 Å². The molecule has 4 heterocycles. The molecule has 0 spiro atoms. The second-order valence-electron chi connectivity index (χ2n) is 12.4. The summed E-state index contributed by atoms with van der Waals surface area (Å²) in [6, 6.07) is -1.69. The number of aliphatic carboxylic acids is 1. The maximum absolute atomic E-state index is 12.1. The van der Waals surface area contributed by atoms with Crippen molar-refractivity contribution in [3.8, 4) is 0 Å². The Bertz CT molecular complexity index is 1340. The first-order chi connectivity index (χ1) is 24.7. The zero-order valence-electron chi connectivity index (χ0n) is 27.3. The average molecular weight is 802 g/mol. The molecule has 53 heavy (non-hydrogen) atoms. The fraction of sp³-hybridized carbons (Fsp3) is 0.923. The lowest BCUT2D eigenvalue weighted by atomic mass is 9.94. The normalized spacial score (nSPS) is 46.8. The summed E-state index contributed by atoms with van der Waals surface area (Å²) in [5, 5.41) is 127. The van der Waals surface area contributed by atoms with Crippen LogP contribution in [-0.2, 0) is 57.3 Å². The van der Waals surface area contributed by atoms with Crippen molar-refractivity contribution in [1.82, 2.24) is 5.32 Å². The summed E-state index contributed by atoms with van der Waals surface area (Å²) < 4.78 is 73.8. The van der Waals surface area contributed by atoms with E-state index in [2.05, 4.69) is 9.50 Å². The fourth-order valence-electron chi connectivity index (χ4n) is 6.15. The molecule has 0 radical (unpaired) electrons. The van der Waals surface area contributed by atoms with E-state index >= 15 is 0 Å². The fourth-order valence-corrected chi connectivity index (χ4v) is 6.66. The third kappa shape index (κ3) is 9.73. The number of carbonyl (C=O) groups excluding carboxylic acids is 1. The van der Waals surface area contributed by atoms with Crippen molar-refractivity contribution in [2.24, 2.45) is 0 Å². The van der Waals surface area contributed by atoms with Crippen LogP contribution in [0.3, 0.4) is 0 Å². The van der Waals surface area contributed by atoms with Crippen LogP contribution >= 0.6 is 0 Å². The predicted molar refractivity (Wildman–Crippen MR) is 156 cm³/mol. The molecule has 4 saturated heterocycles. The number of rotatable bonds is 13. The van der Waals surface area contributed by atoms with E-state index in [1.54, 1.807) is 0 Å². The van der Waals surface area contributed by atoms with Gasteiger partial charge in [0.2, 0.25) is 5.91 Å². The maximum Gasteiger partial charge on any atom is 0.397 e. The number of amides is 1. The monoisotopic (exact) mass is 801 g/mol. The van der Waals surface area contributed by atoms with E-state index in [0.717, 1.165) is 6.92 Å². The Morgan fingerprint density at radius 1 is 0.604 bits per heavy atom. The van der Waals surface area contributed by atoms with Crippen LogP contribution < -0.4 is 5.32 Å². The van der Waals surface area contributed by atoms with Crippen LogP contribution in [0.1, 0.15) is 6.92 Å². The number of hydrogen-bond donors (Lipinski definition) is 14. The van der Waals surface area contributed by atoms with Crippen LogP contribution in [-0.4, -0.2) is 229 Å². The first-order valence-corrected chi connectivity index (χ1v) is 17.1. The van der Waals surface area contributed by atoms with Crippen molar-refractivity contribution in [3.63, 3.8) is 0 Å². The molecule has 0 aromatic rings. The molecule has 1 amide bonds. The number of ether oxygens (including phenoxy) is 7. The van der Waals surface area contributed by atoms with Crippen LogP contribution in [0.5, 0.6) is 0 Å². The van der Waals surface area contributed by atoms with Crippen molar-refractivity contribution in [1.29, 1.82) is 0 Å². The molecular weight excluding hydrogens is 758 g/mol. The predicted octanol–water partition coefficient (Wildman–Crippen LogP) is -9.69. The minimum Gasteiger partial charge on any atom is -0.479 e. The molecule has 4 rings (SSSR count). The molecule has 308 valence electrons. The van der Waals surface area contributed by atoms with E-state index < -0.39 is 165 Å². The van der Waals surface area contributed by atoms with Crippen LogP contribution in [0, 0.1) is 0 Å². The molecular formula is C26H43NO25S. The van der Waals surface area contributed by atoms with Gasteiger partial charge in [0, 0.05) is 6.92 Å². The van der Waals surface area contributed by atoms with Gasteiger partial charge in [0.25, 0.3) is 0 Å². The van der Waals surface area contributed by atoms with Gasteiger partial charge in [-0.05, 0) is 0 Å². The zero-order chi connectivity index (χ0) is 39.7. The van der Waals surface area contributed by atoms with Gasteiger partial charge in [-0.3, -0.25) is 9.35 Å². The standard InChI is InChI=1S/C26H43NO25S/c1-5(31)27-9-12(34)17(8(4-30)47-24(9)51-21-13(35)10(32)6(2-28)45-23(21)41)48-25-15(37)18(11(33)7(3-29)46-25)49-26-16(38)19(52-53(42,43)44)14(36)20(50-26)22(39)40/h6-21,23-26,28-30,32-38,41H,2-4H2,1H3,(H,27,31)(H,39,40)(H,42,43,44)/t6-,7-,8-,9-,10-,11+,12-,13+,14+,15-,16-,17-,18+,19+,20+,21+,23+,24+,25+,26-/m1/s1. The number of carboxylic acid groups (broad SMARTS) is 1. The van der Waals surface area contributed by atoms with E-state index in [-0.39, 0.29) is 0 Å². The van der Waals surface area contributed by atoms with E-state index in [4.69, 9.17) is 37.7 Å². The van der Waals surface area contributed by atoms with Gasteiger partial charge in [-0.2, -0.15) is 8.42 Å². The number of aliphatic hydroxyl groups excluding tert-OH is 11. The van der Waals surface area contributed by atoms with Crippen LogP contribution in [0.2, 0.25) is 0 Å². The van der Waals surface area contributed by atoms with Gasteiger partial charge in [0.05, 0.1) is 19.8 Å². The first-order valence-electron chi connectivity index (χ1n) is 15.7. The molecule has 0 aromatic carbocycles. The van der Waals surface area contributed by atoms with Crippen molar-refractivity contribution >= 4 is 22.3 Å². The number of hydrogen-bond acceptors (Lipinski definition) is 23. The highest BCUT2D eigenvalue weighted by Gasteiger charge is 2.57. The number of carbonyl (C=O) groups is 2. The summed E-state index contributed by atoms with van der Waals surface area (Å²) in [6.07, 6.45) is -38.6. The van der Waals surface area contributed by atoms with Gasteiger partial charge in [-0.1, -0.05) is 0 Å². The molecule has 0 unspecified atom stereocenters. The SMILES string of the molecule is CC(=O)N[C@H]1[C@H](O[C@H]2[C@@H](O)[C@H](O)[C@@H](CO)O[C@@H]2O)O[C@H](CO)[C@@H](O[C@@H]2O[C@H](CO)[C@H](O)[C@H](O[C@@H]3O[C@H](C(=O)O)[C@@H](O)[C@H](OS(=O)(=O)O)[C@H]3O)[C@H]2O)[C@@H]1O. The van der Waals surface area contributed by atoms with E-state index in [0.29, 0.717) is 0 Å². The van der Waals surface area contributed by atoms with Gasteiger partial charge in [0.1, 0.15) is 91.5 Å². The van der Waals surface area contributed by atoms with Gasteiger partial charge >= 0.3 is 16.4 Å². The summed E-state index contributed by atoms with van der Waals surface area (Å²) in [7, 11) is -5.44. The highest BCUT2D eigenvalue weighted by atomic mass is 32.3. The number of carboxylic acids is 1. The summed E-state index contributed by atoms with van der Waals surface area (Å²) in [5.74, 6) is -2.75. The quantitative estimate of drug-likeness (QED) is 0.0769. The lowest BCUT2D eigenvalue weighted by molar-refractivity contribution is -0.381. The molecule has 4 fully saturated rings. The molecule has 27 heteroatoms. The molecule has 14 N–H and O–H groups in total. The molecule has 0 aromatic heterocycles. The van der Waals surface area contributed by atoms with E-state index in [1.807, 2.05) is 0 Å². The molecule has 26 nitrogen and oxygen atoms in total. The largest absolute Gasteiger partial charge is 0.479 e. The van der Waals surface area contributed by atoms with Gasteiger partial charge < -0.3 is 99.8 Å². The highest BCUT2D eigenvalue weighted by molar-refractivity contribution is 7.80. The Balaban J connectivity index is 1.57. The summed E-state index contributed by atoms with van der Waals surface area (Å²) in [6.45, 7) is -1.85. The van der Waals surface area contributed by atoms with Crippen LogP contribution in [0.4, 0.5) is 0 Å². The minimum atomic E-state index is -5.44. The van der Waals surface area contributed by atoms with Crippen molar-refractivity contribution < 1.29 is 121 Å². The van der Waals surface area contributed by atoms with Crippen molar-refractivity contribution in [2.75, 3.05) is 19.8 Å². The Morgan fingerprint density at radius 3 is 1.66 bits per heavy atom. The van der Waals surface area contributed by atoms with Crippen molar-refractivity contribution in [2.45, 2.75) is 130 Å². The number of nitrogens with one attached hydrogen (secondary N) is 1. The van der Waals surface area contributed by atoms with E-state index in [9.17, 15) is 79.3 Å². The molecule has 20 atom stereocenters. The molecule has 0 bridgehead atoms. The third-order valence-electron chi connectivity index (χ3n) is 8.78. The highest BCUT2D eigenvalue weighted by Crippen LogP contribution is 2.34. The Morgan fingerprint density at radius 2 is 1.11 bits per heavy atom. The number of aliphatic hydroxyl groups is 11. The van der Waals surface area contributed by atoms with Crippen LogP contribution in [0.25, 0.3) is 0 Å². The molecule has 0 aliphatic carbocycles. The summed E-state index contributed by atoms with van der Waals surface area (Å²) in [5.41, 5.74) is 0. The average Bonchev–Trinajstić information content (AvgIpc) is 3.08. The summed E-state index contributed by atoms with van der Waals surface area (Å²) in [4.78, 5) is 23.8. The minimum absolute atomic E-state index is 0.806. The lowest BCUT2D eigenvalue weighted by Crippen LogP contribution is -2.69. The van der Waals surface area contributed by atoms with Crippen molar-refractivity contribution in [3.05, 3.63) is 0 Å². The van der Waals surface area contributed by atoms with Gasteiger partial charge in [-0.25, -0.2) is 8.98 Å². The van der Waals surface area contributed by atoms with Gasteiger partial charge in [-0.15, -0.1) is 0 Å². The summed E-state index contributed by atoms with van der Waals surface area (Å²) >= 11 is 0. The lowest BCUT2D eigenvalue weighted by Gasteiger charge is -2.49. The zero-order valence-corrected chi connectivity index (χ0v) is 28.1.